The van der Waals surface area contributed by atoms with E-state index in [-0.39, 0.29) is 5.69 Å². The number of pyridine rings is 1. The third kappa shape index (κ3) is 2.96. The van der Waals surface area contributed by atoms with E-state index >= 15 is 0 Å². The quantitative estimate of drug-likeness (QED) is 0.564. The largest absolute Gasteiger partial charge is 0.464 e. The number of carbonyl (C=O) groups is 1. The molecular formula is C15H11NO2. The second-order valence-electron chi connectivity index (χ2n) is 3.52. The number of methoxy groups -OCH3 is 1. The number of esters is 1. The van der Waals surface area contributed by atoms with E-state index in [2.05, 4.69) is 21.6 Å². The molecule has 0 N–H and O–H groups in total. The fraction of sp³-hybridized carbons (Fsp3) is 0.0667. The summed E-state index contributed by atoms with van der Waals surface area (Å²) in [6, 6.07) is 14.7. The zero-order chi connectivity index (χ0) is 12.8. The Morgan fingerprint density at radius 3 is 2.56 bits per heavy atom. The van der Waals surface area contributed by atoms with Crippen molar-refractivity contribution in [2.45, 2.75) is 0 Å². The van der Waals surface area contributed by atoms with Gasteiger partial charge in [-0.1, -0.05) is 30.2 Å². The van der Waals surface area contributed by atoms with Crippen LogP contribution in [0.4, 0.5) is 0 Å². The van der Waals surface area contributed by atoms with E-state index in [1.807, 2.05) is 30.3 Å². The average molecular weight is 237 g/mol. The van der Waals surface area contributed by atoms with Gasteiger partial charge in [-0.25, -0.2) is 9.78 Å². The number of benzene rings is 1. The minimum atomic E-state index is -0.460. The summed E-state index contributed by atoms with van der Waals surface area (Å²) in [7, 11) is 1.33. The molecule has 0 atom stereocenters. The minimum absolute atomic E-state index is 0.261. The summed E-state index contributed by atoms with van der Waals surface area (Å²) in [6.07, 6.45) is 0. The summed E-state index contributed by atoms with van der Waals surface area (Å²) in [5.74, 6) is 5.43. The van der Waals surface area contributed by atoms with Crippen LogP contribution in [-0.4, -0.2) is 18.1 Å². The second-order valence-corrected chi connectivity index (χ2v) is 3.52. The van der Waals surface area contributed by atoms with E-state index in [0.717, 1.165) is 5.56 Å². The zero-order valence-electron chi connectivity index (χ0n) is 9.88. The molecule has 18 heavy (non-hydrogen) atoms. The summed E-state index contributed by atoms with van der Waals surface area (Å²) < 4.78 is 4.60. The predicted molar refractivity (Wildman–Crippen MR) is 68.0 cm³/mol. The summed E-state index contributed by atoms with van der Waals surface area (Å²) in [5, 5.41) is 0. The Morgan fingerprint density at radius 1 is 1.06 bits per heavy atom. The maximum atomic E-state index is 11.3. The number of carbonyl (C=O) groups excluding carboxylic acids is 1. The molecule has 0 saturated heterocycles. The lowest BCUT2D eigenvalue weighted by Crippen LogP contribution is -2.04. The van der Waals surface area contributed by atoms with Gasteiger partial charge in [-0.3, -0.25) is 0 Å². The van der Waals surface area contributed by atoms with E-state index < -0.39 is 5.97 Å². The van der Waals surface area contributed by atoms with Crippen molar-refractivity contribution >= 4 is 5.97 Å². The van der Waals surface area contributed by atoms with Gasteiger partial charge in [0, 0.05) is 5.56 Å². The van der Waals surface area contributed by atoms with E-state index in [9.17, 15) is 4.79 Å². The molecule has 1 aromatic heterocycles. The van der Waals surface area contributed by atoms with Crippen LogP contribution in [0.25, 0.3) is 0 Å². The van der Waals surface area contributed by atoms with Gasteiger partial charge in [0.05, 0.1) is 7.11 Å². The molecule has 3 nitrogen and oxygen atoms in total. The molecule has 1 heterocycles. The molecule has 0 bridgehead atoms. The minimum Gasteiger partial charge on any atom is -0.464 e. The molecule has 2 rings (SSSR count). The lowest BCUT2D eigenvalue weighted by molar-refractivity contribution is 0.0594. The Hall–Kier alpha value is -2.60. The molecule has 3 heteroatoms. The molecule has 0 aliphatic heterocycles. The lowest BCUT2D eigenvalue weighted by Gasteiger charge is -1.97. The fourth-order valence-electron chi connectivity index (χ4n) is 1.38. The first-order chi connectivity index (χ1) is 8.79. The second kappa shape index (κ2) is 5.65. The van der Waals surface area contributed by atoms with Gasteiger partial charge in [0.1, 0.15) is 11.4 Å². The van der Waals surface area contributed by atoms with Crippen LogP contribution < -0.4 is 0 Å². The molecule has 0 amide bonds. The number of hydrogen-bond acceptors (Lipinski definition) is 3. The molecule has 0 aliphatic carbocycles. The predicted octanol–water partition coefficient (Wildman–Crippen LogP) is 2.27. The Kier molecular flexibility index (Phi) is 3.72. The van der Waals surface area contributed by atoms with Crippen molar-refractivity contribution in [1.82, 2.24) is 4.98 Å². The van der Waals surface area contributed by atoms with Crippen molar-refractivity contribution in [3.63, 3.8) is 0 Å². The number of aromatic nitrogens is 1. The van der Waals surface area contributed by atoms with Crippen LogP contribution in [0.1, 0.15) is 21.7 Å². The van der Waals surface area contributed by atoms with Gasteiger partial charge in [0.2, 0.25) is 0 Å². The highest BCUT2D eigenvalue weighted by Gasteiger charge is 2.05. The molecule has 0 radical (unpaired) electrons. The molecule has 88 valence electrons. The first-order valence-corrected chi connectivity index (χ1v) is 5.42. The van der Waals surface area contributed by atoms with Gasteiger partial charge in [0.15, 0.2) is 0 Å². The molecule has 0 fully saturated rings. The Morgan fingerprint density at radius 2 is 1.83 bits per heavy atom. The molecule has 0 aliphatic rings. The molecular weight excluding hydrogens is 226 g/mol. The third-order valence-electron chi connectivity index (χ3n) is 2.25. The number of rotatable bonds is 1. The van der Waals surface area contributed by atoms with Crippen LogP contribution in [0.3, 0.4) is 0 Å². The molecule has 0 saturated carbocycles. The maximum Gasteiger partial charge on any atom is 0.356 e. The summed E-state index contributed by atoms with van der Waals surface area (Å²) in [4.78, 5) is 15.4. The highest BCUT2D eigenvalue weighted by atomic mass is 16.5. The molecule has 1 aromatic carbocycles. The van der Waals surface area contributed by atoms with Crippen LogP contribution in [0.5, 0.6) is 0 Å². The van der Waals surface area contributed by atoms with Gasteiger partial charge in [0.25, 0.3) is 0 Å². The van der Waals surface area contributed by atoms with Crippen molar-refractivity contribution in [2.24, 2.45) is 0 Å². The Balaban J connectivity index is 2.25. The third-order valence-corrected chi connectivity index (χ3v) is 2.25. The van der Waals surface area contributed by atoms with Crippen LogP contribution in [0.15, 0.2) is 48.5 Å². The van der Waals surface area contributed by atoms with Crippen LogP contribution in [0.2, 0.25) is 0 Å². The standard InChI is InChI=1S/C15H11NO2/c1-18-15(17)14-9-5-8-13(16-14)11-10-12-6-3-2-4-7-12/h2-9H,1H3. The summed E-state index contributed by atoms with van der Waals surface area (Å²) in [5.41, 5.74) is 1.71. The van der Waals surface area contributed by atoms with Crippen LogP contribution in [-0.2, 0) is 4.74 Å². The van der Waals surface area contributed by atoms with Crippen molar-refractivity contribution in [3.8, 4) is 11.8 Å². The van der Waals surface area contributed by atoms with Crippen molar-refractivity contribution < 1.29 is 9.53 Å². The highest BCUT2D eigenvalue weighted by Crippen LogP contribution is 2.01. The van der Waals surface area contributed by atoms with Gasteiger partial charge in [-0.2, -0.15) is 0 Å². The normalized spacial score (nSPS) is 9.17. The van der Waals surface area contributed by atoms with Gasteiger partial charge in [-0.05, 0) is 30.2 Å². The van der Waals surface area contributed by atoms with Crippen molar-refractivity contribution in [3.05, 3.63) is 65.5 Å². The van der Waals surface area contributed by atoms with E-state index in [4.69, 9.17) is 0 Å². The Bertz CT molecular complexity index is 609. The summed E-state index contributed by atoms with van der Waals surface area (Å²) in [6.45, 7) is 0. The van der Waals surface area contributed by atoms with Gasteiger partial charge >= 0.3 is 5.97 Å². The summed E-state index contributed by atoms with van der Waals surface area (Å²) >= 11 is 0. The lowest BCUT2D eigenvalue weighted by atomic mass is 10.2. The van der Waals surface area contributed by atoms with Gasteiger partial charge < -0.3 is 4.74 Å². The molecule has 0 spiro atoms. The first-order valence-electron chi connectivity index (χ1n) is 5.42. The Labute approximate surface area is 105 Å². The number of nitrogens with zero attached hydrogens (tertiary/aromatic N) is 1. The SMILES string of the molecule is COC(=O)c1cccc(C#Cc2ccccc2)n1. The molecule has 2 aromatic rings. The maximum absolute atomic E-state index is 11.3. The smallest absolute Gasteiger partial charge is 0.356 e. The molecule has 0 unspecified atom stereocenters. The van der Waals surface area contributed by atoms with Crippen LogP contribution >= 0.6 is 0 Å². The van der Waals surface area contributed by atoms with Crippen molar-refractivity contribution in [1.29, 1.82) is 0 Å². The zero-order valence-corrected chi connectivity index (χ0v) is 9.88. The fourth-order valence-corrected chi connectivity index (χ4v) is 1.38. The average Bonchev–Trinajstić information content (AvgIpc) is 2.45. The monoisotopic (exact) mass is 237 g/mol. The topological polar surface area (TPSA) is 39.2 Å². The van der Waals surface area contributed by atoms with E-state index in [1.54, 1.807) is 18.2 Å². The highest BCUT2D eigenvalue weighted by molar-refractivity contribution is 5.87. The van der Waals surface area contributed by atoms with Crippen molar-refractivity contribution in [2.75, 3.05) is 7.11 Å². The van der Waals surface area contributed by atoms with Gasteiger partial charge in [-0.15, -0.1) is 0 Å². The first kappa shape index (κ1) is 11.9. The van der Waals surface area contributed by atoms with Crippen LogP contribution in [0, 0.1) is 11.8 Å². The van der Waals surface area contributed by atoms with E-state index in [0.29, 0.717) is 5.69 Å². The number of hydrogen-bond donors (Lipinski definition) is 0. The number of ether oxygens (including phenoxy) is 1. The van der Waals surface area contributed by atoms with E-state index in [1.165, 1.54) is 7.11 Å².